The number of hydrogen-bond donors (Lipinski definition) is 0. The van der Waals surface area contributed by atoms with E-state index < -0.39 is 10.5 Å². The Balaban J connectivity index is 2.57. The van der Waals surface area contributed by atoms with Crippen molar-refractivity contribution in [2.75, 3.05) is 7.11 Å². The first kappa shape index (κ1) is 13.1. The standard InChI is InChI=1S/C15H12N2O4/c1-9-3-6-14-12(7-9)11-5-4-10(17(19)20)8-13(11)15(18)16(14)21-2/h3-8H,1-2H3. The number of rotatable bonds is 2. The number of nitro benzene ring substituents is 1. The summed E-state index contributed by atoms with van der Waals surface area (Å²) in [6.07, 6.45) is 0. The lowest BCUT2D eigenvalue weighted by atomic mass is 10.0. The fourth-order valence-corrected chi connectivity index (χ4v) is 2.50. The van der Waals surface area contributed by atoms with E-state index >= 15 is 0 Å². The molecule has 0 saturated carbocycles. The zero-order valence-electron chi connectivity index (χ0n) is 11.5. The van der Waals surface area contributed by atoms with Gasteiger partial charge in [-0.3, -0.25) is 14.9 Å². The van der Waals surface area contributed by atoms with Crippen molar-refractivity contribution in [1.82, 2.24) is 4.73 Å². The highest BCUT2D eigenvalue weighted by Gasteiger charge is 2.15. The topological polar surface area (TPSA) is 74.4 Å². The van der Waals surface area contributed by atoms with Crippen LogP contribution in [0, 0.1) is 17.0 Å². The third-order valence-corrected chi connectivity index (χ3v) is 3.47. The van der Waals surface area contributed by atoms with Gasteiger partial charge in [0.25, 0.3) is 11.2 Å². The number of aromatic nitrogens is 1. The number of nitro groups is 1. The summed E-state index contributed by atoms with van der Waals surface area (Å²) in [5.41, 5.74) is 1.14. The number of fused-ring (bicyclic) bond motifs is 3. The van der Waals surface area contributed by atoms with E-state index in [4.69, 9.17) is 4.84 Å². The van der Waals surface area contributed by atoms with Crippen molar-refractivity contribution in [2.24, 2.45) is 0 Å². The minimum absolute atomic E-state index is 0.116. The number of non-ortho nitro benzene ring substituents is 1. The van der Waals surface area contributed by atoms with E-state index in [1.165, 1.54) is 19.2 Å². The Hall–Kier alpha value is -2.89. The maximum atomic E-state index is 12.4. The molecule has 0 aliphatic carbocycles. The van der Waals surface area contributed by atoms with Gasteiger partial charge in [-0.15, -0.1) is 4.73 Å². The molecule has 0 unspecified atom stereocenters. The molecular weight excluding hydrogens is 272 g/mol. The minimum atomic E-state index is -0.517. The Morgan fingerprint density at radius 1 is 1.10 bits per heavy atom. The second kappa shape index (κ2) is 4.59. The summed E-state index contributed by atoms with van der Waals surface area (Å²) >= 11 is 0. The number of benzene rings is 2. The van der Waals surface area contributed by atoms with E-state index in [2.05, 4.69) is 0 Å². The van der Waals surface area contributed by atoms with Crippen molar-refractivity contribution in [1.29, 1.82) is 0 Å². The second-order valence-electron chi connectivity index (χ2n) is 4.79. The number of aryl methyl sites for hydroxylation is 1. The average Bonchev–Trinajstić information content (AvgIpc) is 2.48. The van der Waals surface area contributed by atoms with Crippen LogP contribution in [0.1, 0.15) is 5.56 Å². The van der Waals surface area contributed by atoms with Crippen LogP contribution in [0.25, 0.3) is 21.7 Å². The van der Waals surface area contributed by atoms with E-state index in [-0.39, 0.29) is 11.1 Å². The van der Waals surface area contributed by atoms with Crippen LogP contribution in [0.4, 0.5) is 5.69 Å². The Kier molecular flexibility index (Phi) is 2.86. The third-order valence-electron chi connectivity index (χ3n) is 3.47. The van der Waals surface area contributed by atoms with Gasteiger partial charge in [0.1, 0.15) is 7.11 Å². The zero-order chi connectivity index (χ0) is 15.1. The van der Waals surface area contributed by atoms with Crippen molar-refractivity contribution in [3.05, 3.63) is 62.4 Å². The predicted octanol–water partition coefficient (Wildman–Crippen LogP) is 2.43. The van der Waals surface area contributed by atoms with Crippen LogP contribution in [0.3, 0.4) is 0 Å². The molecule has 0 saturated heterocycles. The van der Waals surface area contributed by atoms with Gasteiger partial charge in [-0.05, 0) is 30.5 Å². The van der Waals surface area contributed by atoms with Crippen LogP contribution in [0.15, 0.2) is 41.2 Å². The van der Waals surface area contributed by atoms with Crippen molar-refractivity contribution < 1.29 is 9.76 Å². The molecule has 0 atom stereocenters. The minimum Gasteiger partial charge on any atom is -0.413 e. The van der Waals surface area contributed by atoms with Crippen LogP contribution in [0.2, 0.25) is 0 Å². The van der Waals surface area contributed by atoms with E-state index in [0.29, 0.717) is 10.9 Å². The van der Waals surface area contributed by atoms with Gasteiger partial charge in [0.15, 0.2) is 0 Å². The van der Waals surface area contributed by atoms with E-state index in [0.717, 1.165) is 15.7 Å². The molecule has 0 aliphatic heterocycles. The SMILES string of the molecule is COn1c(=O)c2cc([N+](=O)[O-])ccc2c2cc(C)ccc21. The highest BCUT2D eigenvalue weighted by Crippen LogP contribution is 2.26. The summed E-state index contributed by atoms with van der Waals surface area (Å²) in [6.45, 7) is 1.94. The molecule has 3 aromatic rings. The molecule has 0 N–H and O–H groups in total. The lowest BCUT2D eigenvalue weighted by Gasteiger charge is -2.11. The van der Waals surface area contributed by atoms with Crippen molar-refractivity contribution in [3.63, 3.8) is 0 Å². The van der Waals surface area contributed by atoms with E-state index in [9.17, 15) is 14.9 Å². The van der Waals surface area contributed by atoms with Crippen LogP contribution in [-0.2, 0) is 0 Å². The van der Waals surface area contributed by atoms with E-state index in [1.54, 1.807) is 12.1 Å². The summed E-state index contributed by atoms with van der Waals surface area (Å²) in [7, 11) is 1.39. The molecule has 0 spiro atoms. The summed E-state index contributed by atoms with van der Waals surface area (Å²) in [5.74, 6) is 0. The van der Waals surface area contributed by atoms with Crippen molar-refractivity contribution >= 4 is 27.4 Å². The first-order valence-electron chi connectivity index (χ1n) is 6.31. The molecule has 0 bridgehead atoms. The Morgan fingerprint density at radius 3 is 2.52 bits per heavy atom. The van der Waals surface area contributed by atoms with Gasteiger partial charge in [-0.25, -0.2) is 0 Å². The summed E-state index contributed by atoms with van der Waals surface area (Å²) in [4.78, 5) is 28.0. The van der Waals surface area contributed by atoms with E-state index in [1.807, 2.05) is 19.1 Å². The van der Waals surface area contributed by atoms with Gasteiger partial charge in [-0.2, -0.15) is 0 Å². The van der Waals surface area contributed by atoms with Gasteiger partial charge < -0.3 is 4.84 Å². The number of hydrogen-bond acceptors (Lipinski definition) is 4. The predicted molar refractivity (Wildman–Crippen MR) is 79.6 cm³/mol. The Morgan fingerprint density at radius 2 is 1.86 bits per heavy atom. The lowest BCUT2D eigenvalue weighted by molar-refractivity contribution is -0.384. The molecule has 0 fully saturated rings. The average molecular weight is 284 g/mol. The fraction of sp³-hybridized carbons (Fsp3) is 0.133. The molecule has 1 heterocycles. The van der Waals surface area contributed by atoms with Gasteiger partial charge >= 0.3 is 0 Å². The zero-order valence-corrected chi connectivity index (χ0v) is 11.5. The smallest absolute Gasteiger partial charge is 0.291 e. The fourth-order valence-electron chi connectivity index (χ4n) is 2.50. The maximum Gasteiger partial charge on any atom is 0.291 e. The van der Waals surface area contributed by atoms with Gasteiger partial charge in [-0.1, -0.05) is 11.6 Å². The first-order chi connectivity index (χ1) is 10.0. The molecule has 1 aromatic heterocycles. The van der Waals surface area contributed by atoms with Crippen LogP contribution in [-0.4, -0.2) is 16.8 Å². The van der Waals surface area contributed by atoms with Crippen LogP contribution >= 0.6 is 0 Å². The molecule has 106 valence electrons. The lowest BCUT2D eigenvalue weighted by Crippen LogP contribution is -2.25. The highest BCUT2D eigenvalue weighted by atomic mass is 16.6. The number of nitrogens with zero attached hydrogens (tertiary/aromatic N) is 2. The number of pyridine rings is 1. The summed E-state index contributed by atoms with van der Waals surface area (Å²) in [5, 5.41) is 12.7. The Labute approximate surface area is 119 Å². The third kappa shape index (κ3) is 1.92. The van der Waals surface area contributed by atoms with Gasteiger partial charge in [0.2, 0.25) is 0 Å². The van der Waals surface area contributed by atoms with Crippen molar-refractivity contribution in [3.8, 4) is 0 Å². The van der Waals surface area contributed by atoms with Gasteiger partial charge in [0.05, 0.1) is 15.8 Å². The van der Waals surface area contributed by atoms with Crippen molar-refractivity contribution in [2.45, 2.75) is 6.92 Å². The largest absolute Gasteiger partial charge is 0.413 e. The maximum absolute atomic E-state index is 12.4. The molecular formula is C15H12N2O4. The normalized spacial score (nSPS) is 11.0. The Bertz CT molecular complexity index is 944. The highest BCUT2D eigenvalue weighted by molar-refractivity contribution is 6.06. The van der Waals surface area contributed by atoms with Crippen LogP contribution in [0.5, 0.6) is 0 Å². The summed E-state index contributed by atoms with van der Waals surface area (Å²) in [6, 6.07) is 9.91. The molecule has 3 rings (SSSR count). The molecule has 6 heteroatoms. The van der Waals surface area contributed by atoms with Gasteiger partial charge in [0, 0.05) is 17.5 Å². The molecule has 0 radical (unpaired) electrons. The monoisotopic (exact) mass is 284 g/mol. The molecule has 2 aromatic carbocycles. The summed E-state index contributed by atoms with van der Waals surface area (Å²) < 4.78 is 1.15. The van der Waals surface area contributed by atoms with Crippen LogP contribution < -0.4 is 10.4 Å². The molecule has 21 heavy (non-hydrogen) atoms. The quantitative estimate of drug-likeness (QED) is 0.411. The first-order valence-corrected chi connectivity index (χ1v) is 6.31. The molecule has 0 aliphatic rings. The molecule has 0 amide bonds. The molecule has 6 nitrogen and oxygen atoms in total. The second-order valence-corrected chi connectivity index (χ2v) is 4.79.